The molecule has 78 valence electrons. The topological polar surface area (TPSA) is 17.1 Å². The minimum Gasteiger partial charge on any atom is -0.293 e. The molecule has 0 saturated heterocycles. The van der Waals surface area contributed by atoms with E-state index in [1.165, 1.54) is 0 Å². The second-order valence-corrected chi connectivity index (χ2v) is 2.59. The first kappa shape index (κ1) is 12.2. The summed E-state index contributed by atoms with van der Waals surface area (Å²) in [6.07, 6.45) is 0. The molecule has 0 fully saturated rings. The van der Waals surface area contributed by atoms with Crippen molar-refractivity contribution in [3.8, 4) is 0 Å². The Morgan fingerprint density at radius 1 is 1.00 bits per heavy atom. The summed E-state index contributed by atoms with van der Waals surface area (Å²) in [7, 11) is 0. The van der Waals surface area contributed by atoms with E-state index < -0.39 is 23.6 Å². The van der Waals surface area contributed by atoms with Crippen LogP contribution in [0.1, 0.15) is 13.8 Å². The molecule has 1 nitrogen and oxygen atoms in total. The van der Waals surface area contributed by atoms with Crippen LogP contribution in [0, 0.1) is 0 Å². The van der Waals surface area contributed by atoms with E-state index in [1.54, 1.807) is 0 Å². The average molecular weight is 208 g/mol. The monoisotopic (exact) mass is 208 g/mol. The summed E-state index contributed by atoms with van der Waals surface area (Å²) in [5.41, 5.74) is 0. The molecular formula is C6H6F6O. The quantitative estimate of drug-likeness (QED) is 0.651. The number of hydrogen-bond donors (Lipinski definition) is 0. The van der Waals surface area contributed by atoms with Gasteiger partial charge in [-0.05, 0) is 0 Å². The number of ketones is 1. The van der Waals surface area contributed by atoms with Crippen molar-refractivity contribution in [3.05, 3.63) is 0 Å². The molecule has 0 aromatic heterocycles. The van der Waals surface area contributed by atoms with Crippen LogP contribution >= 0.6 is 0 Å². The molecule has 0 bridgehead atoms. The normalized spacial score (nSPS) is 14.5. The molecule has 0 unspecified atom stereocenters. The fourth-order valence-electron chi connectivity index (χ4n) is 0.497. The van der Waals surface area contributed by atoms with Gasteiger partial charge in [0.1, 0.15) is 0 Å². The highest BCUT2D eigenvalue weighted by Crippen LogP contribution is 2.45. The van der Waals surface area contributed by atoms with Gasteiger partial charge in [-0.2, -0.15) is 26.3 Å². The first-order valence-electron chi connectivity index (χ1n) is 3.09. The molecule has 0 saturated carbocycles. The molecule has 0 atom stereocenters. The molecule has 0 spiro atoms. The molecule has 0 aliphatic heterocycles. The summed E-state index contributed by atoms with van der Waals surface area (Å²) >= 11 is 0. The second kappa shape index (κ2) is 2.88. The number of carbonyl (C=O) groups is 1. The van der Waals surface area contributed by atoms with Gasteiger partial charge in [0.2, 0.25) is 5.78 Å². The van der Waals surface area contributed by atoms with Crippen molar-refractivity contribution in [1.82, 2.24) is 0 Å². The molecule has 0 amide bonds. The highest BCUT2D eigenvalue weighted by molar-refractivity contribution is 5.84. The van der Waals surface area contributed by atoms with Crippen molar-refractivity contribution >= 4 is 5.78 Å². The number of Topliss-reactive ketones (excluding diaryl/α,β-unsaturated/α-hetero) is 1. The van der Waals surface area contributed by atoms with Crippen molar-refractivity contribution < 1.29 is 31.1 Å². The van der Waals surface area contributed by atoms with Gasteiger partial charge in [-0.3, -0.25) is 4.79 Å². The van der Waals surface area contributed by atoms with Crippen LogP contribution in [-0.2, 0) is 4.79 Å². The summed E-state index contributed by atoms with van der Waals surface area (Å²) in [6, 6.07) is 0. The van der Waals surface area contributed by atoms with Gasteiger partial charge in [0, 0.05) is 13.8 Å². The van der Waals surface area contributed by atoms with Crippen LogP contribution in [0.2, 0.25) is 0 Å². The largest absolute Gasteiger partial charge is 0.379 e. The van der Waals surface area contributed by atoms with Crippen LogP contribution in [0.4, 0.5) is 26.3 Å². The van der Waals surface area contributed by atoms with Crippen LogP contribution in [0.15, 0.2) is 0 Å². The fraction of sp³-hybridized carbons (Fsp3) is 0.833. The van der Waals surface area contributed by atoms with Crippen LogP contribution < -0.4 is 0 Å². The number of halogens is 6. The van der Waals surface area contributed by atoms with Crippen molar-refractivity contribution in [2.24, 2.45) is 0 Å². The van der Waals surface area contributed by atoms with E-state index in [0.29, 0.717) is 0 Å². The zero-order chi connectivity index (χ0) is 11.1. The van der Waals surface area contributed by atoms with Gasteiger partial charge in [0.25, 0.3) is 0 Å². The lowest BCUT2D eigenvalue weighted by molar-refractivity contribution is -0.289. The smallest absolute Gasteiger partial charge is 0.293 e. The Kier molecular flexibility index (Phi) is 2.72. The highest BCUT2D eigenvalue weighted by Gasteiger charge is 2.71. The van der Waals surface area contributed by atoms with Crippen molar-refractivity contribution in [3.63, 3.8) is 0 Å². The first-order valence-corrected chi connectivity index (χ1v) is 3.09. The molecule has 0 radical (unpaired) electrons. The van der Waals surface area contributed by atoms with E-state index in [0.717, 1.165) is 0 Å². The number of hydrogen-bond acceptors (Lipinski definition) is 1. The Hall–Kier alpha value is -0.750. The molecule has 0 rings (SSSR count). The molecular weight excluding hydrogens is 202 g/mol. The predicted molar refractivity (Wildman–Crippen MR) is 31.2 cm³/mol. The zero-order valence-corrected chi connectivity index (χ0v) is 6.68. The van der Waals surface area contributed by atoms with E-state index in [9.17, 15) is 31.1 Å². The van der Waals surface area contributed by atoms with Crippen LogP contribution in [-0.4, -0.2) is 23.6 Å². The third-order valence-electron chi connectivity index (χ3n) is 1.39. The number of alkyl halides is 6. The summed E-state index contributed by atoms with van der Waals surface area (Å²) in [4.78, 5) is 10.00. The van der Waals surface area contributed by atoms with Crippen molar-refractivity contribution in [2.75, 3.05) is 0 Å². The van der Waals surface area contributed by atoms with E-state index in [2.05, 4.69) is 0 Å². The summed E-state index contributed by atoms with van der Waals surface area (Å²) in [6.45, 7) is -0.247. The van der Waals surface area contributed by atoms with Gasteiger partial charge in [0.05, 0.1) is 0 Å². The van der Waals surface area contributed by atoms with Gasteiger partial charge in [-0.1, -0.05) is 0 Å². The Bertz CT molecular complexity index is 216. The lowest BCUT2D eigenvalue weighted by Crippen LogP contribution is -2.56. The highest BCUT2D eigenvalue weighted by atomic mass is 19.3. The van der Waals surface area contributed by atoms with E-state index in [4.69, 9.17) is 0 Å². The maximum absolute atomic E-state index is 12.2. The first-order chi connectivity index (χ1) is 5.44. The van der Waals surface area contributed by atoms with Gasteiger partial charge in [-0.15, -0.1) is 0 Å². The molecule has 0 aromatic rings. The Balaban J connectivity index is 5.16. The number of rotatable bonds is 3. The van der Waals surface area contributed by atoms with Gasteiger partial charge >= 0.3 is 17.8 Å². The lowest BCUT2D eigenvalue weighted by Gasteiger charge is -2.28. The van der Waals surface area contributed by atoms with Gasteiger partial charge < -0.3 is 0 Å². The molecule has 0 aromatic carbocycles. The van der Waals surface area contributed by atoms with E-state index in [1.807, 2.05) is 0 Å². The Morgan fingerprint density at radius 2 is 1.31 bits per heavy atom. The van der Waals surface area contributed by atoms with E-state index in [-0.39, 0.29) is 13.8 Å². The lowest BCUT2D eigenvalue weighted by atomic mass is 10.0. The third-order valence-corrected chi connectivity index (χ3v) is 1.39. The average Bonchev–Trinajstić information content (AvgIpc) is 1.84. The summed E-state index contributed by atoms with van der Waals surface area (Å²) < 4.78 is 72.9. The van der Waals surface area contributed by atoms with Crippen LogP contribution in [0.3, 0.4) is 0 Å². The Morgan fingerprint density at radius 3 is 1.38 bits per heavy atom. The molecule has 0 aliphatic carbocycles. The third kappa shape index (κ3) is 1.78. The van der Waals surface area contributed by atoms with Gasteiger partial charge in [0.15, 0.2) is 0 Å². The fourth-order valence-corrected chi connectivity index (χ4v) is 0.497. The molecule has 13 heavy (non-hydrogen) atoms. The number of carbonyl (C=O) groups excluding carboxylic acids is 1. The maximum Gasteiger partial charge on any atom is 0.379 e. The minimum atomic E-state index is -5.66. The molecule has 7 heteroatoms. The molecule has 0 aliphatic rings. The van der Waals surface area contributed by atoms with Crippen LogP contribution in [0.25, 0.3) is 0 Å². The maximum atomic E-state index is 12.2. The summed E-state index contributed by atoms with van der Waals surface area (Å²) in [5.74, 6) is -18.2. The standard InChI is InChI=1S/C6H6F6O/c1-3(13)5(9,10)6(11,12)4(2,7)8/h1-2H3. The van der Waals surface area contributed by atoms with Crippen molar-refractivity contribution in [2.45, 2.75) is 31.6 Å². The van der Waals surface area contributed by atoms with Crippen molar-refractivity contribution in [1.29, 1.82) is 0 Å². The zero-order valence-electron chi connectivity index (χ0n) is 6.68. The Labute approximate surface area is 69.7 Å². The van der Waals surface area contributed by atoms with Gasteiger partial charge in [-0.25, -0.2) is 0 Å². The molecule has 0 N–H and O–H groups in total. The SMILES string of the molecule is CC(=O)C(F)(F)C(F)(F)C(C)(F)F. The van der Waals surface area contributed by atoms with Crippen LogP contribution in [0.5, 0.6) is 0 Å². The molecule has 0 heterocycles. The second-order valence-electron chi connectivity index (χ2n) is 2.59. The van der Waals surface area contributed by atoms with E-state index >= 15 is 0 Å². The summed E-state index contributed by atoms with van der Waals surface area (Å²) in [5, 5.41) is 0. The predicted octanol–water partition coefficient (Wildman–Crippen LogP) is 2.50. The minimum absolute atomic E-state index is 0.125.